The molecule has 0 fully saturated rings. The molecular formula is C12H11ClN4O2S. The van der Waals surface area contributed by atoms with Gasteiger partial charge in [-0.15, -0.1) is 0 Å². The zero-order valence-corrected chi connectivity index (χ0v) is 12.0. The number of halogens is 1. The molecule has 20 heavy (non-hydrogen) atoms. The second kappa shape index (κ2) is 5.63. The van der Waals surface area contributed by atoms with Crippen molar-refractivity contribution in [1.82, 2.24) is 14.7 Å². The molecule has 2 N–H and O–H groups in total. The summed E-state index contributed by atoms with van der Waals surface area (Å²) in [5.41, 5.74) is 0.223. The summed E-state index contributed by atoms with van der Waals surface area (Å²) in [4.78, 5) is 6.68. The zero-order chi connectivity index (χ0) is 14.8. The fraction of sp³-hybridized carbons (Fsp3) is 0.167. The molecule has 0 saturated carbocycles. The highest BCUT2D eigenvalue weighted by molar-refractivity contribution is 7.89. The Labute approximate surface area is 121 Å². The first-order valence-electron chi connectivity index (χ1n) is 5.65. The normalized spacial score (nSPS) is 12.8. The lowest BCUT2D eigenvalue weighted by atomic mass is 10.2. The maximum absolute atomic E-state index is 12.3. The van der Waals surface area contributed by atoms with Gasteiger partial charge in [-0.1, -0.05) is 11.6 Å². The Hall–Kier alpha value is -1.88. The molecule has 0 aliphatic carbocycles. The Bertz CT molecular complexity index is 750. The van der Waals surface area contributed by atoms with E-state index in [2.05, 4.69) is 14.7 Å². The van der Waals surface area contributed by atoms with E-state index in [0.29, 0.717) is 5.82 Å². The van der Waals surface area contributed by atoms with Crippen molar-refractivity contribution in [3.63, 3.8) is 0 Å². The highest BCUT2D eigenvalue weighted by Crippen LogP contribution is 2.23. The first-order chi connectivity index (χ1) is 9.44. The standard InChI is InChI=1S/C12H11ClN4O2S/c1-8(12-15-4-5-16-12)17-20(18,19)11-6-9(7-14)2-3-10(11)13/h2-6,8,17H,1H3,(H,15,16). The van der Waals surface area contributed by atoms with Gasteiger partial charge in [0.25, 0.3) is 0 Å². The Morgan fingerprint density at radius 2 is 2.25 bits per heavy atom. The number of sulfonamides is 1. The van der Waals surface area contributed by atoms with E-state index in [9.17, 15) is 8.42 Å². The third-order valence-electron chi connectivity index (χ3n) is 2.61. The topological polar surface area (TPSA) is 98.6 Å². The smallest absolute Gasteiger partial charge is 0.242 e. The SMILES string of the molecule is CC(NS(=O)(=O)c1cc(C#N)ccc1Cl)c1ncc[nH]1. The minimum atomic E-state index is -3.84. The average Bonchev–Trinajstić information content (AvgIpc) is 2.92. The van der Waals surface area contributed by atoms with Gasteiger partial charge in [-0.05, 0) is 25.1 Å². The number of benzene rings is 1. The van der Waals surface area contributed by atoms with E-state index < -0.39 is 16.1 Å². The molecule has 0 amide bonds. The molecule has 1 unspecified atom stereocenters. The van der Waals surface area contributed by atoms with Crippen LogP contribution < -0.4 is 4.72 Å². The molecule has 2 aromatic rings. The van der Waals surface area contributed by atoms with Gasteiger partial charge in [0.05, 0.1) is 22.7 Å². The number of aromatic amines is 1. The Kier molecular flexibility index (Phi) is 4.09. The van der Waals surface area contributed by atoms with Gasteiger partial charge in [0.1, 0.15) is 10.7 Å². The lowest BCUT2D eigenvalue weighted by Gasteiger charge is -2.13. The third-order valence-corrected chi connectivity index (χ3v) is 4.63. The van der Waals surface area contributed by atoms with Crippen LogP contribution in [-0.4, -0.2) is 18.4 Å². The van der Waals surface area contributed by atoms with Gasteiger partial charge in [-0.2, -0.15) is 5.26 Å². The first-order valence-corrected chi connectivity index (χ1v) is 7.51. The van der Waals surface area contributed by atoms with Crippen LogP contribution in [0.1, 0.15) is 24.4 Å². The fourth-order valence-corrected chi connectivity index (χ4v) is 3.38. The van der Waals surface area contributed by atoms with Gasteiger partial charge in [0.15, 0.2) is 0 Å². The predicted octanol–water partition coefficient (Wildman–Crippen LogP) is 1.97. The molecule has 0 spiro atoms. The summed E-state index contributed by atoms with van der Waals surface area (Å²) in [7, 11) is -3.84. The van der Waals surface area contributed by atoms with Crippen LogP contribution in [0, 0.1) is 11.3 Å². The summed E-state index contributed by atoms with van der Waals surface area (Å²) in [6, 6.07) is 5.41. The average molecular weight is 311 g/mol. The molecule has 0 saturated heterocycles. The molecule has 104 valence electrons. The van der Waals surface area contributed by atoms with E-state index in [-0.39, 0.29) is 15.5 Å². The van der Waals surface area contributed by atoms with Crippen LogP contribution in [0.2, 0.25) is 5.02 Å². The molecule has 6 nitrogen and oxygen atoms in total. The summed E-state index contributed by atoms with van der Waals surface area (Å²) < 4.78 is 27.0. The molecule has 0 aliphatic heterocycles. The quantitative estimate of drug-likeness (QED) is 0.902. The summed E-state index contributed by atoms with van der Waals surface area (Å²) >= 11 is 5.89. The minimum Gasteiger partial charge on any atom is -0.347 e. The predicted molar refractivity (Wildman–Crippen MR) is 73.5 cm³/mol. The molecule has 0 bridgehead atoms. The van der Waals surface area contributed by atoms with Gasteiger partial charge in [0.2, 0.25) is 10.0 Å². The molecule has 1 aromatic carbocycles. The second-order valence-corrected chi connectivity index (χ2v) is 6.16. The Balaban J connectivity index is 2.34. The summed E-state index contributed by atoms with van der Waals surface area (Å²) in [5.74, 6) is 0.487. The fourth-order valence-electron chi connectivity index (χ4n) is 1.65. The summed E-state index contributed by atoms with van der Waals surface area (Å²) in [5, 5.41) is 8.89. The molecule has 2 rings (SSSR count). The highest BCUT2D eigenvalue weighted by Gasteiger charge is 2.22. The number of hydrogen-bond acceptors (Lipinski definition) is 4. The number of nitriles is 1. The largest absolute Gasteiger partial charge is 0.347 e. The highest BCUT2D eigenvalue weighted by atomic mass is 35.5. The number of H-pyrrole nitrogens is 1. The van der Waals surface area contributed by atoms with Crippen LogP contribution in [0.25, 0.3) is 0 Å². The van der Waals surface area contributed by atoms with Crippen molar-refractivity contribution >= 4 is 21.6 Å². The van der Waals surface area contributed by atoms with Gasteiger partial charge in [-0.25, -0.2) is 18.1 Å². The molecule has 0 aliphatic rings. The van der Waals surface area contributed by atoms with Crippen molar-refractivity contribution in [3.8, 4) is 6.07 Å². The van der Waals surface area contributed by atoms with Crippen LogP contribution >= 0.6 is 11.6 Å². The van der Waals surface area contributed by atoms with Gasteiger partial charge in [-0.3, -0.25) is 0 Å². The number of imidazole rings is 1. The maximum atomic E-state index is 12.3. The van der Waals surface area contributed by atoms with Gasteiger partial charge in [0, 0.05) is 12.4 Å². The molecular weight excluding hydrogens is 300 g/mol. The van der Waals surface area contributed by atoms with Crippen LogP contribution in [-0.2, 0) is 10.0 Å². The van der Waals surface area contributed by atoms with Gasteiger partial charge >= 0.3 is 0 Å². The van der Waals surface area contributed by atoms with Crippen molar-refractivity contribution in [2.45, 2.75) is 17.9 Å². The van der Waals surface area contributed by atoms with E-state index in [1.165, 1.54) is 24.4 Å². The number of aromatic nitrogens is 2. The number of nitrogens with zero attached hydrogens (tertiary/aromatic N) is 2. The van der Waals surface area contributed by atoms with Crippen LogP contribution in [0.15, 0.2) is 35.5 Å². The molecule has 1 heterocycles. The van der Waals surface area contributed by atoms with Crippen LogP contribution in [0.4, 0.5) is 0 Å². The number of hydrogen-bond donors (Lipinski definition) is 2. The Morgan fingerprint density at radius 3 is 2.85 bits per heavy atom. The summed E-state index contributed by atoms with van der Waals surface area (Å²) in [6.07, 6.45) is 3.13. The van der Waals surface area contributed by atoms with E-state index in [0.717, 1.165) is 0 Å². The van der Waals surface area contributed by atoms with Gasteiger partial charge < -0.3 is 4.98 Å². The Morgan fingerprint density at radius 1 is 1.50 bits per heavy atom. The van der Waals surface area contributed by atoms with E-state index in [1.54, 1.807) is 13.1 Å². The maximum Gasteiger partial charge on any atom is 0.242 e. The van der Waals surface area contributed by atoms with E-state index in [1.807, 2.05) is 6.07 Å². The van der Waals surface area contributed by atoms with Crippen molar-refractivity contribution in [1.29, 1.82) is 5.26 Å². The number of nitrogens with one attached hydrogen (secondary N) is 2. The van der Waals surface area contributed by atoms with Crippen molar-refractivity contribution < 1.29 is 8.42 Å². The second-order valence-electron chi connectivity index (χ2n) is 4.07. The third kappa shape index (κ3) is 2.99. The summed E-state index contributed by atoms with van der Waals surface area (Å²) in [6.45, 7) is 1.65. The molecule has 1 aromatic heterocycles. The first kappa shape index (κ1) is 14.5. The molecule has 1 atom stereocenters. The van der Waals surface area contributed by atoms with Crippen molar-refractivity contribution in [2.24, 2.45) is 0 Å². The van der Waals surface area contributed by atoms with Crippen molar-refractivity contribution in [3.05, 3.63) is 47.0 Å². The van der Waals surface area contributed by atoms with Crippen LogP contribution in [0.5, 0.6) is 0 Å². The lowest BCUT2D eigenvalue weighted by molar-refractivity contribution is 0.561. The number of rotatable bonds is 4. The van der Waals surface area contributed by atoms with Crippen LogP contribution in [0.3, 0.4) is 0 Å². The van der Waals surface area contributed by atoms with E-state index >= 15 is 0 Å². The van der Waals surface area contributed by atoms with Crippen molar-refractivity contribution in [2.75, 3.05) is 0 Å². The molecule has 8 heteroatoms. The monoisotopic (exact) mass is 310 g/mol. The minimum absolute atomic E-state index is 0.0585. The lowest BCUT2D eigenvalue weighted by Crippen LogP contribution is -2.27. The molecule has 0 radical (unpaired) electrons. The van der Waals surface area contributed by atoms with E-state index in [4.69, 9.17) is 16.9 Å². The zero-order valence-electron chi connectivity index (χ0n) is 10.5.